The van der Waals surface area contributed by atoms with Gasteiger partial charge in [-0.2, -0.15) is 0 Å². The summed E-state index contributed by atoms with van der Waals surface area (Å²) >= 11 is 0. The molecule has 1 aliphatic heterocycles. The van der Waals surface area contributed by atoms with Gasteiger partial charge in [-0.1, -0.05) is 36.4 Å². The molecule has 0 bridgehead atoms. The summed E-state index contributed by atoms with van der Waals surface area (Å²) in [7, 11) is 0. The van der Waals surface area contributed by atoms with Gasteiger partial charge in [0.05, 0.1) is 6.54 Å². The fourth-order valence-corrected chi connectivity index (χ4v) is 4.12. The van der Waals surface area contributed by atoms with Crippen molar-refractivity contribution in [2.75, 3.05) is 33.1 Å². The predicted molar refractivity (Wildman–Crippen MR) is 143 cm³/mol. The molecule has 1 aliphatic rings. The molecule has 0 radical (unpaired) electrons. The van der Waals surface area contributed by atoms with Crippen LogP contribution < -0.4 is 9.47 Å². The van der Waals surface area contributed by atoms with Gasteiger partial charge < -0.3 is 28.4 Å². The standard InChI is InChI=1S/C30H34N2O6/c1-3-35-17-7-16-31(29(33)15-12-24-8-5-4-6-9-24)21-30(34)32(20-26-13-10-23(2)38-26)19-25-11-14-27-28(18-25)37-22-36-27/h4-6,8-15,18H,3,7,16-17,19-22H2,1-2H3/b15-12+. The van der Waals surface area contributed by atoms with Gasteiger partial charge in [0.25, 0.3) is 0 Å². The van der Waals surface area contributed by atoms with Crippen LogP contribution in [-0.2, 0) is 27.4 Å². The topological polar surface area (TPSA) is 81.5 Å². The number of ether oxygens (including phenoxy) is 3. The van der Waals surface area contributed by atoms with Crippen molar-refractivity contribution < 1.29 is 28.2 Å². The van der Waals surface area contributed by atoms with E-state index in [2.05, 4.69) is 0 Å². The van der Waals surface area contributed by atoms with Crippen LogP contribution in [0, 0.1) is 6.92 Å². The zero-order valence-electron chi connectivity index (χ0n) is 21.9. The largest absolute Gasteiger partial charge is 0.464 e. The molecular weight excluding hydrogens is 484 g/mol. The van der Waals surface area contributed by atoms with Gasteiger partial charge in [0, 0.05) is 32.4 Å². The van der Waals surface area contributed by atoms with Crippen molar-refractivity contribution in [1.29, 1.82) is 0 Å². The molecule has 0 atom stereocenters. The fraction of sp³-hybridized carbons (Fsp3) is 0.333. The van der Waals surface area contributed by atoms with E-state index in [0.29, 0.717) is 50.0 Å². The summed E-state index contributed by atoms with van der Waals surface area (Å²) in [5.41, 5.74) is 1.81. The van der Waals surface area contributed by atoms with E-state index >= 15 is 0 Å². The number of benzene rings is 2. The molecule has 2 heterocycles. The van der Waals surface area contributed by atoms with Crippen LogP contribution in [-0.4, -0.2) is 54.7 Å². The van der Waals surface area contributed by atoms with Gasteiger partial charge in [-0.25, -0.2) is 0 Å². The monoisotopic (exact) mass is 518 g/mol. The molecule has 4 rings (SSSR count). The van der Waals surface area contributed by atoms with Crippen molar-refractivity contribution in [3.05, 3.63) is 89.4 Å². The van der Waals surface area contributed by atoms with Gasteiger partial charge in [0.15, 0.2) is 11.5 Å². The maximum atomic E-state index is 13.6. The van der Waals surface area contributed by atoms with Crippen molar-refractivity contribution in [2.45, 2.75) is 33.4 Å². The second-order valence-electron chi connectivity index (χ2n) is 9.00. The van der Waals surface area contributed by atoms with Crippen LogP contribution in [0.3, 0.4) is 0 Å². The van der Waals surface area contributed by atoms with E-state index in [1.165, 1.54) is 6.08 Å². The van der Waals surface area contributed by atoms with Gasteiger partial charge in [-0.3, -0.25) is 9.59 Å². The van der Waals surface area contributed by atoms with Crippen LogP contribution >= 0.6 is 0 Å². The molecule has 0 fully saturated rings. The number of carbonyl (C=O) groups is 2. The highest BCUT2D eigenvalue weighted by Crippen LogP contribution is 2.33. The molecule has 2 amide bonds. The number of furan rings is 1. The summed E-state index contributed by atoms with van der Waals surface area (Å²) in [5, 5.41) is 0. The van der Waals surface area contributed by atoms with Crippen LogP contribution in [0.4, 0.5) is 0 Å². The Morgan fingerprint density at radius 2 is 1.79 bits per heavy atom. The number of aryl methyl sites for hydroxylation is 1. The Morgan fingerprint density at radius 1 is 0.974 bits per heavy atom. The molecule has 8 nitrogen and oxygen atoms in total. The minimum Gasteiger partial charge on any atom is -0.464 e. The maximum Gasteiger partial charge on any atom is 0.247 e. The fourth-order valence-electron chi connectivity index (χ4n) is 4.12. The third-order valence-corrected chi connectivity index (χ3v) is 6.08. The molecule has 8 heteroatoms. The van der Waals surface area contributed by atoms with E-state index < -0.39 is 0 Å². The maximum absolute atomic E-state index is 13.6. The van der Waals surface area contributed by atoms with E-state index in [9.17, 15) is 9.59 Å². The summed E-state index contributed by atoms with van der Waals surface area (Å²) in [6.45, 7) is 6.05. The highest BCUT2D eigenvalue weighted by atomic mass is 16.7. The number of hydrogen-bond acceptors (Lipinski definition) is 6. The number of fused-ring (bicyclic) bond motifs is 1. The van der Waals surface area contributed by atoms with Crippen LogP contribution in [0.1, 0.15) is 36.0 Å². The van der Waals surface area contributed by atoms with Crippen LogP contribution in [0.2, 0.25) is 0 Å². The Hall–Kier alpha value is -4.04. The predicted octanol–water partition coefficient (Wildman–Crippen LogP) is 4.81. The summed E-state index contributed by atoms with van der Waals surface area (Å²) in [5.74, 6) is 2.38. The quantitative estimate of drug-likeness (QED) is 0.239. The Balaban J connectivity index is 1.50. The van der Waals surface area contributed by atoms with E-state index in [1.807, 2.05) is 74.5 Å². The van der Waals surface area contributed by atoms with Gasteiger partial charge in [-0.05, 0) is 61.7 Å². The average Bonchev–Trinajstić information content (AvgIpc) is 3.57. The van der Waals surface area contributed by atoms with Crippen molar-refractivity contribution in [3.63, 3.8) is 0 Å². The summed E-state index contributed by atoms with van der Waals surface area (Å²) in [4.78, 5) is 30.1. The minimum absolute atomic E-state index is 0.0612. The Morgan fingerprint density at radius 3 is 2.55 bits per heavy atom. The zero-order chi connectivity index (χ0) is 26.7. The number of nitrogens with zero attached hydrogens (tertiary/aromatic N) is 2. The van der Waals surface area contributed by atoms with E-state index in [4.69, 9.17) is 18.6 Å². The summed E-state index contributed by atoms with van der Waals surface area (Å²) in [6, 6.07) is 19.0. The Bertz CT molecular complexity index is 1240. The van der Waals surface area contributed by atoms with E-state index in [0.717, 1.165) is 16.9 Å². The van der Waals surface area contributed by atoms with Crippen LogP contribution in [0.25, 0.3) is 6.08 Å². The number of carbonyl (C=O) groups excluding carboxylic acids is 2. The lowest BCUT2D eigenvalue weighted by Crippen LogP contribution is -2.42. The first kappa shape index (κ1) is 27.0. The highest BCUT2D eigenvalue weighted by Gasteiger charge is 2.23. The highest BCUT2D eigenvalue weighted by molar-refractivity contribution is 5.94. The summed E-state index contributed by atoms with van der Waals surface area (Å²) < 4.78 is 22.1. The van der Waals surface area contributed by atoms with E-state index in [1.54, 1.807) is 15.9 Å². The van der Waals surface area contributed by atoms with Crippen molar-refractivity contribution in [1.82, 2.24) is 9.80 Å². The lowest BCUT2D eigenvalue weighted by atomic mass is 10.1. The molecule has 0 spiro atoms. The van der Waals surface area contributed by atoms with Gasteiger partial charge >= 0.3 is 0 Å². The lowest BCUT2D eigenvalue weighted by Gasteiger charge is -2.27. The smallest absolute Gasteiger partial charge is 0.247 e. The van der Waals surface area contributed by atoms with Crippen LogP contribution in [0.5, 0.6) is 11.5 Å². The number of rotatable bonds is 13. The average molecular weight is 519 g/mol. The lowest BCUT2D eigenvalue weighted by molar-refractivity contribution is -0.139. The Kier molecular flexibility index (Phi) is 9.59. The third kappa shape index (κ3) is 7.73. The molecule has 0 saturated heterocycles. The molecule has 0 aliphatic carbocycles. The minimum atomic E-state index is -0.226. The van der Waals surface area contributed by atoms with Gasteiger partial charge in [-0.15, -0.1) is 0 Å². The second kappa shape index (κ2) is 13.5. The van der Waals surface area contributed by atoms with Crippen LogP contribution in [0.15, 0.2) is 71.2 Å². The first-order valence-electron chi connectivity index (χ1n) is 12.8. The Labute approximate surface area is 223 Å². The van der Waals surface area contributed by atoms with E-state index in [-0.39, 0.29) is 31.7 Å². The number of hydrogen-bond donors (Lipinski definition) is 0. The van der Waals surface area contributed by atoms with Crippen molar-refractivity contribution >= 4 is 17.9 Å². The second-order valence-corrected chi connectivity index (χ2v) is 9.00. The summed E-state index contributed by atoms with van der Waals surface area (Å²) in [6.07, 6.45) is 3.91. The molecule has 0 N–H and O–H groups in total. The molecule has 3 aromatic rings. The van der Waals surface area contributed by atoms with Gasteiger partial charge in [0.2, 0.25) is 18.6 Å². The molecule has 1 aromatic heterocycles. The normalized spacial score (nSPS) is 12.2. The molecular formula is C30H34N2O6. The van der Waals surface area contributed by atoms with Gasteiger partial charge in [0.1, 0.15) is 18.1 Å². The van der Waals surface area contributed by atoms with Crippen molar-refractivity contribution in [3.8, 4) is 11.5 Å². The third-order valence-electron chi connectivity index (χ3n) is 6.08. The first-order valence-corrected chi connectivity index (χ1v) is 12.8. The molecule has 0 unspecified atom stereocenters. The van der Waals surface area contributed by atoms with Crippen molar-refractivity contribution in [2.24, 2.45) is 0 Å². The molecule has 200 valence electrons. The first-order chi connectivity index (χ1) is 18.5. The molecule has 2 aromatic carbocycles. The number of amides is 2. The SMILES string of the molecule is CCOCCCN(CC(=O)N(Cc1ccc2c(c1)OCO2)Cc1ccc(C)o1)C(=O)/C=C/c1ccccc1. The zero-order valence-corrected chi connectivity index (χ0v) is 21.9. The molecule has 38 heavy (non-hydrogen) atoms. The molecule has 0 saturated carbocycles.